The van der Waals surface area contributed by atoms with Crippen molar-refractivity contribution in [3.63, 3.8) is 0 Å². The number of hydrogen-bond acceptors (Lipinski definition) is 4. The van der Waals surface area contributed by atoms with Gasteiger partial charge in [0.05, 0.1) is 0 Å². The summed E-state index contributed by atoms with van der Waals surface area (Å²) < 4.78 is 10.3. The highest BCUT2D eigenvalue weighted by atomic mass is 31.2. The van der Waals surface area contributed by atoms with E-state index < -0.39 is 13.2 Å². The molecule has 0 aliphatic carbocycles. The molecule has 1 heterocycles. The zero-order valence-corrected chi connectivity index (χ0v) is 5.64. The van der Waals surface area contributed by atoms with Gasteiger partial charge in [0.2, 0.25) is 0 Å². The molecular formula is C2H5N4O3P. The monoisotopic (exact) mass is 164 g/mol. The number of hydrogen-bond donors (Lipinski definition) is 3. The normalized spacial score (nSPS) is 11.8. The Labute approximate surface area is 55.6 Å². The first-order chi connectivity index (χ1) is 4.50. The van der Waals surface area contributed by atoms with Gasteiger partial charge in [-0.1, -0.05) is 0 Å². The molecule has 0 unspecified atom stereocenters. The SMILES string of the molecule is Nn1cnc(P(=O)(O)O)n1. The molecule has 0 radical (unpaired) electrons. The Hall–Kier alpha value is -0.910. The number of aromatic nitrogens is 3. The molecule has 0 aliphatic rings. The summed E-state index contributed by atoms with van der Waals surface area (Å²) in [5, 5.41) is 3.20. The van der Waals surface area contributed by atoms with E-state index >= 15 is 0 Å². The van der Waals surface area contributed by atoms with E-state index in [0.29, 0.717) is 0 Å². The Bertz CT molecular complexity index is 276. The number of nitrogen functional groups attached to an aromatic ring is 1. The van der Waals surface area contributed by atoms with Gasteiger partial charge >= 0.3 is 7.60 Å². The van der Waals surface area contributed by atoms with Crippen LogP contribution in [-0.4, -0.2) is 24.7 Å². The highest BCUT2D eigenvalue weighted by Crippen LogP contribution is 2.30. The molecule has 56 valence electrons. The van der Waals surface area contributed by atoms with E-state index in [2.05, 4.69) is 10.1 Å². The molecule has 0 aromatic carbocycles. The summed E-state index contributed by atoms with van der Waals surface area (Å²) >= 11 is 0. The second kappa shape index (κ2) is 2.05. The second-order valence-electron chi connectivity index (χ2n) is 1.57. The van der Waals surface area contributed by atoms with E-state index in [4.69, 9.17) is 15.6 Å². The van der Waals surface area contributed by atoms with Crippen LogP contribution in [0.5, 0.6) is 0 Å². The Morgan fingerprint density at radius 1 is 1.70 bits per heavy atom. The molecule has 0 atom stereocenters. The molecular weight excluding hydrogens is 159 g/mol. The predicted octanol–water partition coefficient (Wildman–Crippen LogP) is -2.21. The average molecular weight is 164 g/mol. The molecule has 0 saturated carbocycles. The van der Waals surface area contributed by atoms with E-state index in [1.807, 2.05) is 0 Å². The van der Waals surface area contributed by atoms with Crippen LogP contribution in [-0.2, 0) is 4.57 Å². The lowest BCUT2D eigenvalue weighted by Gasteiger charge is -1.93. The topological polar surface area (TPSA) is 114 Å². The minimum absolute atomic E-state index is 0.560. The summed E-state index contributed by atoms with van der Waals surface area (Å²) in [6, 6.07) is 0. The number of rotatable bonds is 1. The summed E-state index contributed by atoms with van der Waals surface area (Å²) in [6.07, 6.45) is 1.01. The fourth-order valence-electron chi connectivity index (χ4n) is 0.399. The molecule has 7 nitrogen and oxygen atoms in total. The first-order valence-corrected chi connectivity index (χ1v) is 3.84. The van der Waals surface area contributed by atoms with Crippen molar-refractivity contribution in [1.29, 1.82) is 0 Å². The van der Waals surface area contributed by atoms with Crippen molar-refractivity contribution in [1.82, 2.24) is 14.9 Å². The third kappa shape index (κ3) is 1.32. The summed E-state index contributed by atoms with van der Waals surface area (Å²) in [5.41, 5.74) is -0.560. The molecule has 0 amide bonds. The van der Waals surface area contributed by atoms with Crippen LogP contribution >= 0.6 is 7.60 Å². The van der Waals surface area contributed by atoms with Gasteiger partial charge in [0, 0.05) is 0 Å². The largest absolute Gasteiger partial charge is 0.395 e. The predicted molar refractivity (Wildman–Crippen MR) is 31.9 cm³/mol. The standard InChI is InChI=1S/C2H5N4O3P/c3-6-1-4-2(5-6)10(7,8)9/h1H,3H2,(H2,7,8,9). The molecule has 1 aromatic rings. The third-order valence-corrected chi connectivity index (χ3v) is 1.48. The number of nitrogens with zero attached hydrogens (tertiary/aromatic N) is 3. The summed E-state index contributed by atoms with van der Waals surface area (Å²) in [5.74, 6) is 4.97. The van der Waals surface area contributed by atoms with Crippen molar-refractivity contribution in [2.24, 2.45) is 0 Å². The number of nitrogens with two attached hydrogens (primary N) is 1. The van der Waals surface area contributed by atoms with Crippen LogP contribution in [0.1, 0.15) is 0 Å². The van der Waals surface area contributed by atoms with E-state index in [0.717, 1.165) is 11.1 Å². The van der Waals surface area contributed by atoms with Crippen molar-refractivity contribution < 1.29 is 14.4 Å². The second-order valence-corrected chi connectivity index (χ2v) is 3.06. The highest BCUT2D eigenvalue weighted by Gasteiger charge is 2.22. The van der Waals surface area contributed by atoms with Crippen molar-refractivity contribution in [2.75, 3.05) is 5.84 Å². The molecule has 1 rings (SSSR count). The van der Waals surface area contributed by atoms with Crippen LogP contribution in [0.15, 0.2) is 6.33 Å². The maximum Gasteiger partial charge on any atom is 0.395 e. The molecule has 0 aliphatic heterocycles. The zero-order valence-electron chi connectivity index (χ0n) is 4.75. The Morgan fingerprint density at radius 2 is 2.30 bits per heavy atom. The van der Waals surface area contributed by atoms with Gasteiger partial charge in [0.1, 0.15) is 6.33 Å². The lowest BCUT2D eigenvalue weighted by Crippen LogP contribution is -2.14. The van der Waals surface area contributed by atoms with Crippen LogP contribution in [0.3, 0.4) is 0 Å². The average Bonchev–Trinajstić information content (AvgIpc) is 2.11. The Morgan fingerprint density at radius 3 is 2.50 bits per heavy atom. The molecule has 0 spiro atoms. The van der Waals surface area contributed by atoms with Crippen LogP contribution in [0.4, 0.5) is 0 Å². The van der Waals surface area contributed by atoms with Gasteiger partial charge < -0.3 is 15.6 Å². The third-order valence-electron chi connectivity index (χ3n) is 0.757. The smallest absolute Gasteiger partial charge is 0.322 e. The fraction of sp³-hybridized carbons (Fsp3) is 0. The van der Waals surface area contributed by atoms with Crippen LogP contribution < -0.4 is 11.4 Å². The maximum absolute atomic E-state index is 10.3. The van der Waals surface area contributed by atoms with Gasteiger partial charge in [-0.05, 0) is 0 Å². The van der Waals surface area contributed by atoms with E-state index in [-0.39, 0.29) is 0 Å². The molecule has 4 N–H and O–H groups in total. The van der Waals surface area contributed by atoms with Crippen molar-refractivity contribution in [3.05, 3.63) is 6.33 Å². The fourth-order valence-corrected chi connectivity index (χ4v) is 0.821. The van der Waals surface area contributed by atoms with Crippen molar-refractivity contribution >= 4 is 13.2 Å². The van der Waals surface area contributed by atoms with E-state index in [1.165, 1.54) is 0 Å². The Balaban J connectivity index is 3.08. The minimum atomic E-state index is -4.32. The summed E-state index contributed by atoms with van der Waals surface area (Å²) in [4.78, 5) is 20.8. The van der Waals surface area contributed by atoms with Gasteiger partial charge in [0.25, 0.3) is 5.57 Å². The summed E-state index contributed by atoms with van der Waals surface area (Å²) in [7, 11) is -4.32. The van der Waals surface area contributed by atoms with E-state index in [9.17, 15) is 4.57 Å². The summed E-state index contributed by atoms with van der Waals surface area (Å²) in [6.45, 7) is 0. The minimum Gasteiger partial charge on any atom is -0.322 e. The van der Waals surface area contributed by atoms with Gasteiger partial charge in [0.15, 0.2) is 0 Å². The molecule has 1 aromatic heterocycles. The first kappa shape index (κ1) is 7.20. The zero-order chi connectivity index (χ0) is 7.78. The molecule has 0 bridgehead atoms. The van der Waals surface area contributed by atoms with Gasteiger partial charge in [-0.3, -0.25) is 4.57 Å². The van der Waals surface area contributed by atoms with Gasteiger partial charge in [-0.15, -0.1) is 5.10 Å². The maximum atomic E-state index is 10.3. The van der Waals surface area contributed by atoms with Crippen molar-refractivity contribution in [2.45, 2.75) is 0 Å². The van der Waals surface area contributed by atoms with Gasteiger partial charge in [-0.25, -0.2) is 4.98 Å². The van der Waals surface area contributed by atoms with E-state index in [1.54, 1.807) is 0 Å². The van der Waals surface area contributed by atoms with Crippen LogP contribution in [0.25, 0.3) is 0 Å². The van der Waals surface area contributed by atoms with Crippen LogP contribution in [0.2, 0.25) is 0 Å². The lowest BCUT2D eigenvalue weighted by atomic mass is 11.3. The highest BCUT2D eigenvalue weighted by molar-refractivity contribution is 7.59. The molecule has 10 heavy (non-hydrogen) atoms. The Kier molecular flexibility index (Phi) is 1.47. The van der Waals surface area contributed by atoms with Crippen molar-refractivity contribution in [3.8, 4) is 0 Å². The van der Waals surface area contributed by atoms with Crippen LogP contribution in [0, 0.1) is 0 Å². The quantitative estimate of drug-likeness (QED) is 0.320. The molecule has 8 heteroatoms. The first-order valence-electron chi connectivity index (χ1n) is 2.23. The lowest BCUT2D eigenvalue weighted by molar-refractivity contribution is 0.385. The molecule has 0 fully saturated rings. The molecule has 0 saturated heterocycles. The van der Waals surface area contributed by atoms with Gasteiger partial charge in [-0.2, -0.15) is 4.79 Å².